The molecule has 4 heteroatoms. The average Bonchev–Trinajstić information content (AvgIpc) is 2.35. The molecule has 0 spiro atoms. The minimum Gasteiger partial charge on any atom is -0.336 e. The number of benzene rings is 1. The van der Waals surface area contributed by atoms with Crippen molar-refractivity contribution in [1.29, 1.82) is 0 Å². The average molecular weight is 328 g/mol. The summed E-state index contributed by atoms with van der Waals surface area (Å²) in [5.41, 5.74) is 0.712. The minimum atomic E-state index is 0.108. The molecular formula is C14H18BrNOS. The van der Waals surface area contributed by atoms with Crippen LogP contribution in [0.2, 0.25) is 0 Å². The van der Waals surface area contributed by atoms with E-state index in [2.05, 4.69) is 42.4 Å². The molecule has 18 heavy (non-hydrogen) atoms. The summed E-state index contributed by atoms with van der Waals surface area (Å²) in [5.74, 6) is 0.678. The fourth-order valence-corrected chi connectivity index (χ4v) is 3.07. The second kappa shape index (κ2) is 5.66. The Bertz CT molecular complexity index is 463. The third-order valence-corrected chi connectivity index (χ3v) is 4.78. The first-order valence-corrected chi connectivity index (χ1v) is 7.54. The molecule has 1 aliphatic heterocycles. The standard InChI is InChI=1S/C14H18BrNOS/c1-9-4-3-7-16(10(9)2)14(17)12-8-11(18)5-6-13(12)15/h5-6,8-10,18H,3-4,7H2,1-2H3. The van der Waals surface area contributed by atoms with Crippen molar-refractivity contribution in [3.05, 3.63) is 28.2 Å². The van der Waals surface area contributed by atoms with Crippen LogP contribution in [0.5, 0.6) is 0 Å². The van der Waals surface area contributed by atoms with Gasteiger partial charge in [-0.15, -0.1) is 12.6 Å². The lowest BCUT2D eigenvalue weighted by atomic mass is 9.91. The number of nitrogens with zero attached hydrogens (tertiary/aromatic N) is 1. The molecule has 2 unspecified atom stereocenters. The largest absolute Gasteiger partial charge is 0.336 e. The van der Waals surface area contributed by atoms with Crippen LogP contribution in [0.1, 0.15) is 37.0 Å². The van der Waals surface area contributed by atoms with Gasteiger partial charge in [0, 0.05) is 22.0 Å². The number of hydrogen-bond donors (Lipinski definition) is 1. The highest BCUT2D eigenvalue weighted by Gasteiger charge is 2.29. The first kappa shape index (κ1) is 13.9. The first-order valence-electron chi connectivity index (χ1n) is 6.30. The Morgan fingerprint density at radius 2 is 2.17 bits per heavy atom. The van der Waals surface area contributed by atoms with E-state index in [0.717, 1.165) is 22.3 Å². The van der Waals surface area contributed by atoms with Gasteiger partial charge < -0.3 is 4.90 Å². The zero-order valence-corrected chi connectivity index (χ0v) is 13.2. The lowest BCUT2D eigenvalue weighted by Gasteiger charge is -2.38. The summed E-state index contributed by atoms with van der Waals surface area (Å²) in [6.07, 6.45) is 2.30. The summed E-state index contributed by atoms with van der Waals surface area (Å²) >= 11 is 7.76. The van der Waals surface area contributed by atoms with Crippen LogP contribution in [-0.4, -0.2) is 23.4 Å². The van der Waals surface area contributed by atoms with Gasteiger partial charge in [0.2, 0.25) is 0 Å². The van der Waals surface area contributed by atoms with Crippen LogP contribution in [0.15, 0.2) is 27.6 Å². The molecule has 1 saturated heterocycles. The Balaban J connectivity index is 2.27. The zero-order chi connectivity index (χ0) is 13.3. The van der Waals surface area contributed by atoms with Crippen molar-refractivity contribution in [2.45, 2.75) is 37.6 Å². The van der Waals surface area contributed by atoms with Gasteiger partial charge in [-0.1, -0.05) is 6.92 Å². The molecule has 0 saturated carbocycles. The summed E-state index contributed by atoms with van der Waals surface area (Å²) < 4.78 is 0.843. The maximum atomic E-state index is 12.6. The molecule has 1 aromatic carbocycles. The monoisotopic (exact) mass is 327 g/mol. The smallest absolute Gasteiger partial charge is 0.255 e. The fraction of sp³-hybridized carbons (Fsp3) is 0.500. The van der Waals surface area contributed by atoms with Gasteiger partial charge in [-0.3, -0.25) is 4.79 Å². The second-order valence-electron chi connectivity index (χ2n) is 5.02. The van der Waals surface area contributed by atoms with Crippen molar-refractivity contribution >= 4 is 34.5 Å². The number of thiol groups is 1. The molecule has 0 radical (unpaired) electrons. The topological polar surface area (TPSA) is 20.3 Å². The lowest BCUT2D eigenvalue weighted by Crippen LogP contribution is -2.46. The summed E-state index contributed by atoms with van der Waals surface area (Å²) in [5, 5.41) is 0. The fourth-order valence-electron chi connectivity index (χ4n) is 2.45. The van der Waals surface area contributed by atoms with E-state index in [9.17, 15) is 4.79 Å². The summed E-state index contributed by atoms with van der Waals surface area (Å²) in [7, 11) is 0. The molecule has 1 heterocycles. The number of carbonyl (C=O) groups excluding carboxylic acids is 1. The SMILES string of the molecule is CC1CCCN(C(=O)c2cc(S)ccc2Br)C1C. The van der Waals surface area contributed by atoms with Gasteiger partial charge in [-0.05, 0) is 59.8 Å². The van der Waals surface area contributed by atoms with Gasteiger partial charge in [0.05, 0.1) is 5.56 Å². The highest BCUT2D eigenvalue weighted by atomic mass is 79.9. The Hall–Kier alpha value is -0.480. The van der Waals surface area contributed by atoms with Crippen LogP contribution in [0.4, 0.5) is 0 Å². The van der Waals surface area contributed by atoms with Crippen molar-refractivity contribution in [2.24, 2.45) is 5.92 Å². The molecule has 1 aliphatic rings. The first-order chi connectivity index (χ1) is 8.50. The Morgan fingerprint density at radius 1 is 1.44 bits per heavy atom. The zero-order valence-electron chi connectivity index (χ0n) is 10.7. The molecule has 2 nitrogen and oxygen atoms in total. The van der Waals surface area contributed by atoms with Crippen molar-refractivity contribution < 1.29 is 4.79 Å². The number of rotatable bonds is 1. The molecule has 0 aromatic heterocycles. The van der Waals surface area contributed by atoms with Crippen LogP contribution in [0.25, 0.3) is 0 Å². The number of piperidine rings is 1. The number of hydrogen-bond acceptors (Lipinski definition) is 2. The van der Waals surface area contributed by atoms with Crippen LogP contribution >= 0.6 is 28.6 Å². The molecule has 1 fully saturated rings. The van der Waals surface area contributed by atoms with E-state index in [1.165, 1.54) is 6.42 Å². The van der Waals surface area contributed by atoms with Gasteiger partial charge in [-0.25, -0.2) is 0 Å². The van der Waals surface area contributed by atoms with E-state index in [1.807, 2.05) is 23.1 Å². The van der Waals surface area contributed by atoms with Crippen molar-refractivity contribution in [3.63, 3.8) is 0 Å². The molecular weight excluding hydrogens is 310 g/mol. The number of halogens is 1. The third-order valence-electron chi connectivity index (χ3n) is 3.81. The van der Waals surface area contributed by atoms with Gasteiger partial charge in [-0.2, -0.15) is 0 Å². The van der Waals surface area contributed by atoms with E-state index in [4.69, 9.17) is 0 Å². The Morgan fingerprint density at radius 3 is 2.89 bits per heavy atom. The minimum absolute atomic E-state index is 0.108. The quantitative estimate of drug-likeness (QED) is 0.773. The second-order valence-corrected chi connectivity index (χ2v) is 6.39. The summed E-state index contributed by atoms with van der Waals surface area (Å²) in [4.78, 5) is 15.4. The Kier molecular flexibility index (Phi) is 4.38. The predicted molar refractivity (Wildman–Crippen MR) is 80.3 cm³/mol. The van der Waals surface area contributed by atoms with Crippen LogP contribution in [-0.2, 0) is 0 Å². The molecule has 0 aliphatic carbocycles. The van der Waals surface area contributed by atoms with E-state index in [0.29, 0.717) is 17.5 Å². The van der Waals surface area contributed by atoms with E-state index < -0.39 is 0 Å². The summed E-state index contributed by atoms with van der Waals surface area (Å²) in [6.45, 7) is 5.21. The molecule has 2 atom stereocenters. The van der Waals surface area contributed by atoms with Gasteiger partial charge >= 0.3 is 0 Å². The highest BCUT2D eigenvalue weighted by molar-refractivity contribution is 9.10. The van der Waals surface area contributed by atoms with Gasteiger partial charge in [0.15, 0.2) is 0 Å². The molecule has 2 rings (SSSR count). The number of likely N-dealkylation sites (tertiary alicyclic amines) is 1. The maximum absolute atomic E-state index is 12.6. The van der Waals surface area contributed by atoms with E-state index in [-0.39, 0.29) is 5.91 Å². The maximum Gasteiger partial charge on any atom is 0.255 e. The molecule has 98 valence electrons. The van der Waals surface area contributed by atoms with Crippen molar-refractivity contribution in [1.82, 2.24) is 4.90 Å². The third kappa shape index (κ3) is 2.75. The molecule has 0 bridgehead atoms. The molecule has 1 amide bonds. The Labute approximate surface area is 122 Å². The van der Waals surface area contributed by atoms with Gasteiger partial charge in [0.1, 0.15) is 0 Å². The number of carbonyl (C=O) groups is 1. The summed E-state index contributed by atoms with van der Waals surface area (Å²) in [6, 6.07) is 5.91. The van der Waals surface area contributed by atoms with Crippen LogP contribution < -0.4 is 0 Å². The lowest BCUT2D eigenvalue weighted by molar-refractivity contribution is 0.0550. The molecule has 1 aromatic rings. The normalized spacial score (nSPS) is 24.1. The van der Waals surface area contributed by atoms with Crippen molar-refractivity contribution in [3.8, 4) is 0 Å². The van der Waals surface area contributed by atoms with Crippen molar-refractivity contribution in [2.75, 3.05) is 6.54 Å². The van der Waals surface area contributed by atoms with E-state index >= 15 is 0 Å². The van der Waals surface area contributed by atoms with Crippen LogP contribution in [0.3, 0.4) is 0 Å². The van der Waals surface area contributed by atoms with E-state index in [1.54, 1.807) is 0 Å². The predicted octanol–water partition coefficient (Wildman–Crippen LogP) is 4.00. The number of amides is 1. The van der Waals surface area contributed by atoms with Crippen LogP contribution in [0, 0.1) is 5.92 Å². The highest BCUT2D eigenvalue weighted by Crippen LogP contribution is 2.27. The molecule has 0 N–H and O–H groups in total. The van der Waals surface area contributed by atoms with Gasteiger partial charge in [0.25, 0.3) is 5.91 Å².